The summed E-state index contributed by atoms with van der Waals surface area (Å²) in [5.74, 6) is -1.52. The molecule has 2 aliphatic heterocycles. The lowest BCUT2D eigenvalue weighted by molar-refractivity contribution is -0.189. The first-order valence-corrected chi connectivity index (χ1v) is 5.75. The Hall–Kier alpha value is -1.34. The Morgan fingerprint density at radius 3 is 2.67 bits per heavy atom. The second kappa shape index (κ2) is 4.10. The van der Waals surface area contributed by atoms with E-state index >= 15 is 0 Å². The number of fused-ring (bicyclic) bond motifs is 1. The molecule has 2 atom stereocenters. The highest BCUT2D eigenvalue weighted by Crippen LogP contribution is 2.41. The summed E-state index contributed by atoms with van der Waals surface area (Å²) in [6.45, 7) is 3.64. The Labute approximate surface area is 105 Å². The molecule has 0 bridgehead atoms. The molecular weight excluding hydrogens is 242 g/mol. The van der Waals surface area contributed by atoms with Crippen LogP contribution in [-0.2, 0) is 19.0 Å². The van der Waals surface area contributed by atoms with Gasteiger partial charge in [0.15, 0.2) is 5.79 Å². The normalized spacial score (nSPS) is 33.9. The molecule has 7 nitrogen and oxygen atoms in total. The number of likely N-dealkylation sites (tertiary alicyclic amines) is 1. The van der Waals surface area contributed by atoms with Crippen LogP contribution < -0.4 is 0 Å². The van der Waals surface area contributed by atoms with Gasteiger partial charge in [0.25, 0.3) is 0 Å². The predicted molar refractivity (Wildman–Crippen MR) is 59.0 cm³/mol. The molecule has 2 fully saturated rings. The van der Waals surface area contributed by atoms with E-state index in [9.17, 15) is 9.59 Å². The Morgan fingerprint density at radius 2 is 2.11 bits per heavy atom. The van der Waals surface area contributed by atoms with Crippen molar-refractivity contribution in [2.75, 3.05) is 20.2 Å². The monoisotopic (exact) mass is 259 g/mol. The molecule has 2 heterocycles. The highest BCUT2D eigenvalue weighted by molar-refractivity contribution is 5.82. The molecular formula is C11H17NO6. The number of carbonyl (C=O) groups excluding carboxylic acids is 1. The smallest absolute Gasteiger partial charge is 0.407 e. The van der Waals surface area contributed by atoms with Gasteiger partial charge in [0.05, 0.1) is 13.7 Å². The SMILES string of the molecule is COC(=O)[C@@]12CN(C(=O)O)CC[C@@H]1OC(C)(C)O2. The summed E-state index contributed by atoms with van der Waals surface area (Å²) in [4.78, 5) is 24.2. The second-order valence-electron chi connectivity index (χ2n) is 4.98. The zero-order valence-electron chi connectivity index (χ0n) is 10.6. The number of carboxylic acid groups (broad SMARTS) is 1. The lowest BCUT2D eigenvalue weighted by Crippen LogP contribution is -2.61. The Balaban J connectivity index is 2.32. The van der Waals surface area contributed by atoms with Gasteiger partial charge in [-0.1, -0.05) is 0 Å². The third kappa shape index (κ3) is 1.93. The van der Waals surface area contributed by atoms with Crippen LogP contribution in [-0.4, -0.2) is 59.8 Å². The van der Waals surface area contributed by atoms with Gasteiger partial charge in [-0.05, 0) is 20.3 Å². The van der Waals surface area contributed by atoms with Crippen LogP contribution in [0.15, 0.2) is 0 Å². The minimum absolute atomic E-state index is 0.0664. The van der Waals surface area contributed by atoms with Crippen LogP contribution in [0.4, 0.5) is 4.79 Å². The van der Waals surface area contributed by atoms with Gasteiger partial charge in [-0.3, -0.25) is 0 Å². The number of nitrogens with zero attached hydrogens (tertiary/aromatic N) is 1. The number of hydrogen-bond acceptors (Lipinski definition) is 5. The first kappa shape index (κ1) is 13.1. The summed E-state index contributed by atoms with van der Waals surface area (Å²) in [5.41, 5.74) is -1.35. The summed E-state index contributed by atoms with van der Waals surface area (Å²) < 4.78 is 16.1. The molecule has 2 aliphatic rings. The fourth-order valence-corrected chi connectivity index (χ4v) is 2.60. The van der Waals surface area contributed by atoms with Gasteiger partial charge in [-0.2, -0.15) is 0 Å². The molecule has 1 N–H and O–H groups in total. The number of hydrogen-bond donors (Lipinski definition) is 1. The molecule has 0 radical (unpaired) electrons. The molecule has 2 rings (SSSR count). The van der Waals surface area contributed by atoms with Gasteiger partial charge < -0.3 is 24.2 Å². The largest absolute Gasteiger partial charge is 0.467 e. The lowest BCUT2D eigenvalue weighted by atomic mass is 9.90. The van der Waals surface area contributed by atoms with Gasteiger partial charge in [0.2, 0.25) is 5.60 Å². The Kier molecular flexibility index (Phi) is 2.98. The van der Waals surface area contributed by atoms with E-state index in [0.29, 0.717) is 13.0 Å². The van der Waals surface area contributed by atoms with E-state index in [0.717, 1.165) is 4.90 Å². The molecule has 7 heteroatoms. The van der Waals surface area contributed by atoms with Gasteiger partial charge in [-0.15, -0.1) is 0 Å². The maximum Gasteiger partial charge on any atom is 0.407 e. The van der Waals surface area contributed by atoms with Crippen LogP contribution in [0.2, 0.25) is 0 Å². The molecule has 0 unspecified atom stereocenters. The fraction of sp³-hybridized carbons (Fsp3) is 0.818. The van der Waals surface area contributed by atoms with Crippen LogP contribution >= 0.6 is 0 Å². The first-order chi connectivity index (χ1) is 8.31. The minimum Gasteiger partial charge on any atom is -0.467 e. The number of methoxy groups -OCH3 is 1. The molecule has 0 aromatic carbocycles. The third-order valence-corrected chi connectivity index (χ3v) is 3.26. The summed E-state index contributed by atoms with van der Waals surface area (Å²) in [6, 6.07) is 0. The molecule has 1 amide bonds. The fourth-order valence-electron chi connectivity index (χ4n) is 2.60. The quantitative estimate of drug-likeness (QED) is 0.687. The van der Waals surface area contributed by atoms with E-state index in [1.165, 1.54) is 7.11 Å². The van der Waals surface area contributed by atoms with Gasteiger partial charge in [0.1, 0.15) is 6.10 Å². The maximum absolute atomic E-state index is 12.0. The molecule has 18 heavy (non-hydrogen) atoms. The third-order valence-electron chi connectivity index (χ3n) is 3.26. The van der Waals surface area contributed by atoms with Crippen molar-refractivity contribution in [1.82, 2.24) is 4.90 Å². The van der Waals surface area contributed by atoms with Crippen molar-refractivity contribution in [3.05, 3.63) is 0 Å². The first-order valence-electron chi connectivity index (χ1n) is 5.75. The van der Waals surface area contributed by atoms with E-state index in [2.05, 4.69) is 0 Å². The standard InChI is InChI=1S/C11H17NO6/c1-10(2)17-7-4-5-12(9(14)15)6-11(7,18-10)8(13)16-3/h7H,4-6H2,1-3H3,(H,14,15)/t7-,11+/m0/s1. The van der Waals surface area contributed by atoms with E-state index in [1.807, 2.05) is 0 Å². The van der Waals surface area contributed by atoms with Crippen molar-refractivity contribution >= 4 is 12.1 Å². The number of carbonyl (C=O) groups is 2. The second-order valence-corrected chi connectivity index (χ2v) is 4.98. The molecule has 0 saturated carbocycles. The highest BCUT2D eigenvalue weighted by atomic mass is 16.8. The topological polar surface area (TPSA) is 85.3 Å². The molecule has 0 spiro atoms. The van der Waals surface area contributed by atoms with Gasteiger partial charge >= 0.3 is 12.1 Å². The van der Waals surface area contributed by atoms with Crippen molar-refractivity contribution < 1.29 is 28.9 Å². The number of rotatable bonds is 1. The van der Waals surface area contributed by atoms with E-state index in [4.69, 9.17) is 19.3 Å². The van der Waals surface area contributed by atoms with Crippen LogP contribution in [0.25, 0.3) is 0 Å². The van der Waals surface area contributed by atoms with Crippen molar-refractivity contribution in [2.45, 2.75) is 37.8 Å². The van der Waals surface area contributed by atoms with Crippen molar-refractivity contribution in [2.24, 2.45) is 0 Å². The summed E-state index contributed by atoms with van der Waals surface area (Å²) >= 11 is 0. The van der Waals surface area contributed by atoms with Crippen molar-refractivity contribution in [3.63, 3.8) is 0 Å². The van der Waals surface area contributed by atoms with E-state index in [-0.39, 0.29) is 6.54 Å². The maximum atomic E-state index is 12.0. The predicted octanol–water partition coefficient (Wildman–Crippen LogP) is 0.433. The van der Waals surface area contributed by atoms with E-state index < -0.39 is 29.6 Å². The Morgan fingerprint density at radius 1 is 1.44 bits per heavy atom. The molecule has 0 aromatic heterocycles. The van der Waals surface area contributed by atoms with Crippen LogP contribution in [0.5, 0.6) is 0 Å². The number of esters is 1. The molecule has 2 saturated heterocycles. The average Bonchev–Trinajstić information content (AvgIpc) is 2.57. The number of piperidine rings is 1. The molecule has 102 valence electrons. The molecule has 0 aromatic rings. The van der Waals surface area contributed by atoms with Crippen LogP contribution in [0.1, 0.15) is 20.3 Å². The number of ether oxygens (including phenoxy) is 3. The molecule has 0 aliphatic carbocycles. The minimum atomic E-state index is -1.35. The Bertz CT molecular complexity index is 382. The zero-order valence-corrected chi connectivity index (χ0v) is 10.6. The van der Waals surface area contributed by atoms with E-state index in [1.54, 1.807) is 13.8 Å². The van der Waals surface area contributed by atoms with Crippen molar-refractivity contribution in [1.29, 1.82) is 0 Å². The van der Waals surface area contributed by atoms with Gasteiger partial charge in [0, 0.05) is 6.54 Å². The number of amides is 1. The summed E-state index contributed by atoms with van der Waals surface area (Å²) in [5, 5.41) is 9.03. The van der Waals surface area contributed by atoms with Crippen molar-refractivity contribution in [3.8, 4) is 0 Å². The zero-order chi connectivity index (χ0) is 13.6. The van der Waals surface area contributed by atoms with Crippen LogP contribution in [0.3, 0.4) is 0 Å². The summed E-state index contributed by atoms with van der Waals surface area (Å²) in [7, 11) is 1.25. The average molecular weight is 259 g/mol. The van der Waals surface area contributed by atoms with Crippen LogP contribution in [0, 0.1) is 0 Å². The summed E-state index contributed by atoms with van der Waals surface area (Å²) in [6.07, 6.45) is -1.15. The highest BCUT2D eigenvalue weighted by Gasteiger charge is 2.62. The lowest BCUT2D eigenvalue weighted by Gasteiger charge is -2.38. The van der Waals surface area contributed by atoms with Gasteiger partial charge in [-0.25, -0.2) is 9.59 Å².